The fraction of sp³-hybridized carbons (Fsp3) is 0.261. The van der Waals surface area contributed by atoms with E-state index in [0.29, 0.717) is 23.5 Å². The van der Waals surface area contributed by atoms with Crippen molar-refractivity contribution in [3.05, 3.63) is 86.9 Å². The molecular weight excluding hydrogens is 416 g/mol. The Kier molecular flexibility index (Phi) is 6.25. The van der Waals surface area contributed by atoms with Gasteiger partial charge in [0.05, 0.1) is 21.6 Å². The number of rotatable bonds is 7. The number of para-hydroxylation sites is 1. The highest BCUT2D eigenvalue weighted by Gasteiger charge is 2.12. The number of hydrogen-bond acceptors (Lipinski definition) is 4. The van der Waals surface area contributed by atoms with Crippen molar-refractivity contribution in [1.82, 2.24) is 19.3 Å². The average Bonchev–Trinajstić information content (AvgIpc) is 3.06. The fourth-order valence-electron chi connectivity index (χ4n) is 3.29. The van der Waals surface area contributed by atoms with Gasteiger partial charge in [0, 0.05) is 25.0 Å². The molecule has 0 N–H and O–H groups in total. The lowest BCUT2D eigenvalue weighted by molar-refractivity contribution is 0.493. The number of nitrogens with zero attached hydrogens (tertiary/aromatic N) is 4. The van der Waals surface area contributed by atoms with E-state index < -0.39 is 0 Å². The first-order valence-corrected chi connectivity index (χ1v) is 11.2. The van der Waals surface area contributed by atoms with Gasteiger partial charge in [-0.05, 0) is 38.0 Å². The summed E-state index contributed by atoms with van der Waals surface area (Å²) >= 11 is 7.69. The lowest BCUT2D eigenvalue weighted by atomic mass is 10.2. The molecule has 4 aromatic rings. The largest absolute Gasteiger partial charge is 0.287 e. The molecule has 30 heavy (non-hydrogen) atoms. The third kappa shape index (κ3) is 4.60. The van der Waals surface area contributed by atoms with E-state index in [1.54, 1.807) is 16.3 Å². The molecule has 0 aliphatic rings. The number of benzene rings is 2. The molecular formula is C23H23ClN4OS. The van der Waals surface area contributed by atoms with Gasteiger partial charge in [-0.2, -0.15) is 5.10 Å². The first kappa shape index (κ1) is 20.7. The fourth-order valence-corrected chi connectivity index (χ4v) is 4.42. The SMILES string of the molecule is Cc1ccc(CSc2nc3ccccc3c(=O)n2CCCn2cc(Cl)c(C)n2)cc1. The summed E-state index contributed by atoms with van der Waals surface area (Å²) in [6.45, 7) is 5.22. The Balaban J connectivity index is 1.58. The molecule has 0 spiro atoms. The molecule has 0 saturated heterocycles. The molecule has 7 heteroatoms. The van der Waals surface area contributed by atoms with Crippen molar-refractivity contribution in [2.75, 3.05) is 0 Å². The quantitative estimate of drug-likeness (QED) is 0.292. The number of thioether (sulfide) groups is 1. The van der Waals surface area contributed by atoms with Crippen molar-refractivity contribution >= 4 is 34.3 Å². The van der Waals surface area contributed by atoms with Gasteiger partial charge in [0.25, 0.3) is 5.56 Å². The van der Waals surface area contributed by atoms with Gasteiger partial charge >= 0.3 is 0 Å². The Labute approximate surface area is 184 Å². The summed E-state index contributed by atoms with van der Waals surface area (Å²) < 4.78 is 3.62. The second-order valence-corrected chi connectivity index (χ2v) is 8.67. The lowest BCUT2D eigenvalue weighted by Crippen LogP contribution is -2.24. The highest BCUT2D eigenvalue weighted by Crippen LogP contribution is 2.23. The average molecular weight is 439 g/mol. The Morgan fingerprint density at radius 1 is 1.03 bits per heavy atom. The van der Waals surface area contributed by atoms with E-state index in [2.05, 4.69) is 36.3 Å². The lowest BCUT2D eigenvalue weighted by Gasteiger charge is -2.13. The van der Waals surface area contributed by atoms with Crippen LogP contribution in [0.1, 0.15) is 23.2 Å². The van der Waals surface area contributed by atoms with Crippen LogP contribution in [0.25, 0.3) is 10.9 Å². The van der Waals surface area contributed by atoms with Gasteiger partial charge in [0.15, 0.2) is 5.16 Å². The standard InChI is InChI=1S/C23H23ClN4OS/c1-16-8-10-18(11-9-16)15-30-23-25-21-7-4-3-6-19(21)22(29)28(23)13-5-12-27-14-20(24)17(2)26-27/h3-4,6-11,14H,5,12-13,15H2,1-2H3. The van der Waals surface area contributed by atoms with E-state index in [0.717, 1.165) is 28.5 Å². The Morgan fingerprint density at radius 3 is 2.53 bits per heavy atom. The minimum Gasteiger partial charge on any atom is -0.287 e. The zero-order chi connectivity index (χ0) is 21.1. The zero-order valence-electron chi connectivity index (χ0n) is 17.0. The van der Waals surface area contributed by atoms with Gasteiger partial charge in [-0.15, -0.1) is 0 Å². The Morgan fingerprint density at radius 2 is 1.80 bits per heavy atom. The number of fused-ring (bicyclic) bond motifs is 1. The molecule has 4 rings (SSSR count). The first-order valence-electron chi connectivity index (χ1n) is 9.89. The van der Waals surface area contributed by atoms with Gasteiger partial charge < -0.3 is 0 Å². The Hall–Kier alpha value is -2.57. The van der Waals surface area contributed by atoms with Crippen LogP contribution in [0.15, 0.2) is 64.7 Å². The number of aromatic nitrogens is 4. The van der Waals surface area contributed by atoms with Crippen molar-refractivity contribution in [2.45, 2.75) is 44.3 Å². The summed E-state index contributed by atoms with van der Waals surface area (Å²) in [4.78, 5) is 18.0. The van der Waals surface area contributed by atoms with Crippen molar-refractivity contribution in [2.24, 2.45) is 0 Å². The van der Waals surface area contributed by atoms with Crippen LogP contribution in [0.3, 0.4) is 0 Å². The third-order valence-electron chi connectivity index (χ3n) is 4.97. The maximum Gasteiger partial charge on any atom is 0.262 e. The van der Waals surface area contributed by atoms with E-state index in [1.165, 1.54) is 11.1 Å². The second-order valence-electron chi connectivity index (χ2n) is 7.32. The zero-order valence-corrected chi connectivity index (χ0v) is 18.6. The molecule has 0 unspecified atom stereocenters. The summed E-state index contributed by atoms with van der Waals surface area (Å²) in [6, 6.07) is 16.0. The van der Waals surface area contributed by atoms with Gasteiger partial charge in [0.2, 0.25) is 0 Å². The van der Waals surface area contributed by atoms with Crippen LogP contribution in [0.2, 0.25) is 5.02 Å². The number of aryl methyl sites for hydroxylation is 3. The van der Waals surface area contributed by atoms with E-state index in [-0.39, 0.29) is 5.56 Å². The maximum absolute atomic E-state index is 13.2. The monoisotopic (exact) mass is 438 g/mol. The second kappa shape index (κ2) is 9.06. The molecule has 0 amide bonds. The highest BCUT2D eigenvalue weighted by molar-refractivity contribution is 7.98. The topological polar surface area (TPSA) is 52.7 Å². The maximum atomic E-state index is 13.2. The van der Waals surface area contributed by atoms with Crippen LogP contribution < -0.4 is 5.56 Å². The van der Waals surface area contributed by atoms with Crippen molar-refractivity contribution < 1.29 is 0 Å². The molecule has 0 aliphatic heterocycles. The molecule has 2 aromatic carbocycles. The summed E-state index contributed by atoms with van der Waals surface area (Å²) in [7, 11) is 0. The normalized spacial score (nSPS) is 11.3. The van der Waals surface area contributed by atoms with Crippen LogP contribution in [0, 0.1) is 13.8 Å². The van der Waals surface area contributed by atoms with Crippen LogP contribution in [-0.2, 0) is 18.8 Å². The van der Waals surface area contributed by atoms with Crippen LogP contribution in [0.4, 0.5) is 0 Å². The molecule has 0 radical (unpaired) electrons. The van der Waals surface area contributed by atoms with Crippen LogP contribution in [0.5, 0.6) is 0 Å². The smallest absolute Gasteiger partial charge is 0.262 e. The van der Waals surface area contributed by atoms with Crippen molar-refractivity contribution in [3.8, 4) is 0 Å². The van der Waals surface area contributed by atoms with Crippen molar-refractivity contribution in [3.63, 3.8) is 0 Å². The molecule has 2 aromatic heterocycles. The van der Waals surface area contributed by atoms with Crippen LogP contribution >= 0.6 is 23.4 Å². The molecule has 0 aliphatic carbocycles. The molecule has 5 nitrogen and oxygen atoms in total. The molecule has 0 saturated carbocycles. The van der Waals surface area contributed by atoms with Crippen molar-refractivity contribution in [1.29, 1.82) is 0 Å². The Bertz CT molecular complexity index is 1210. The minimum absolute atomic E-state index is 0.00156. The number of hydrogen-bond donors (Lipinski definition) is 0. The van der Waals surface area contributed by atoms with E-state index >= 15 is 0 Å². The summed E-state index contributed by atoms with van der Waals surface area (Å²) in [5.41, 5.74) is 4.00. The minimum atomic E-state index is 0.00156. The molecule has 0 atom stereocenters. The highest BCUT2D eigenvalue weighted by atomic mass is 35.5. The van der Waals surface area contributed by atoms with E-state index in [4.69, 9.17) is 16.6 Å². The number of halogens is 1. The summed E-state index contributed by atoms with van der Waals surface area (Å²) in [6.07, 6.45) is 2.58. The molecule has 2 heterocycles. The predicted octanol–water partition coefficient (Wildman–Crippen LogP) is 5.25. The van der Waals surface area contributed by atoms with E-state index in [9.17, 15) is 4.79 Å². The third-order valence-corrected chi connectivity index (χ3v) is 6.39. The summed E-state index contributed by atoms with van der Waals surface area (Å²) in [5, 5.41) is 6.45. The van der Waals surface area contributed by atoms with Crippen LogP contribution in [-0.4, -0.2) is 19.3 Å². The first-order chi connectivity index (χ1) is 14.5. The van der Waals surface area contributed by atoms with E-state index in [1.807, 2.05) is 42.1 Å². The van der Waals surface area contributed by atoms with Gasteiger partial charge in [-0.3, -0.25) is 14.0 Å². The molecule has 154 valence electrons. The van der Waals surface area contributed by atoms with Gasteiger partial charge in [-0.1, -0.05) is 65.3 Å². The van der Waals surface area contributed by atoms with Gasteiger partial charge in [0.1, 0.15) is 0 Å². The molecule has 0 bridgehead atoms. The summed E-state index contributed by atoms with van der Waals surface area (Å²) in [5.74, 6) is 0.763. The molecule has 0 fully saturated rings. The predicted molar refractivity (Wildman–Crippen MR) is 123 cm³/mol. The van der Waals surface area contributed by atoms with Gasteiger partial charge in [-0.25, -0.2) is 4.98 Å².